The molecular weight excluding hydrogens is 212 g/mol. The monoisotopic (exact) mass is 234 g/mol. The summed E-state index contributed by atoms with van der Waals surface area (Å²) in [4.78, 5) is 0. The van der Waals surface area contributed by atoms with E-state index in [4.69, 9.17) is 10.5 Å². The first-order valence-corrected chi connectivity index (χ1v) is 6.85. The molecule has 2 N–H and O–H groups in total. The second-order valence-corrected chi connectivity index (χ2v) is 5.55. The second-order valence-electron chi connectivity index (χ2n) is 5.55. The number of ether oxygens (including phenoxy) is 1. The van der Waals surface area contributed by atoms with Crippen molar-refractivity contribution in [3.8, 4) is 0 Å². The van der Waals surface area contributed by atoms with Crippen LogP contribution >= 0.6 is 0 Å². The molecule has 94 valence electrons. The summed E-state index contributed by atoms with van der Waals surface area (Å²) < 4.78 is 7.87. The Labute approximate surface area is 103 Å². The van der Waals surface area contributed by atoms with Gasteiger partial charge in [-0.15, -0.1) is 0 Å². The van der Waals surface area contributed by atoms with Gasteiger partial charge in [-0.1, -0.05) is 6.42 Å². The Hall–Kier alpha value is -0.800. The molecule has 0 aromatic carbocycles. The van der Waals surface area contributed by atoms with Crippen molar-refractivity contribution in [2.75, 3.05) is 6.61 Å². The predicted octanol–water partition coefficient (Wildman–Crippen LogP) is 2.60. The van der Waals surface area contributed by atoms with Gasteiger partial charge in [0.2, 0.25) is 0 Å². The van der Waals surface area contributed by atoms with E-state index in [1.54, 1.807) is 0 Å². The van der Waals surface area contributed by atoms with Crippen molar-refractivity contribution in [2.24, 2.45) is 11.7 Å². The van der Waals surface area contributed by atoms with E-state index in [0.717, 1.165) is 18.9 Å². The molecule has 3 nitrogen and oxygen atoms in total. The van der Waals surface area contributed by atoms with Crippen LogP contribution in [0.15, 0.2) is 12.4 Å². The standard InChI is InChI=1S/C14H22N2O/c15-14-4-2-1-3-12-7-16(8-13(12)14)10-17-9-11-5-6-11/h7-8,11,14H,1-6,9-10,15H2. The molecule has 0 amide bonds. The first kappa shape index (κ1) is 11.3. The summed E-state index contributed by atoms with van der Waals surface area (Å²) in [5.74, 6) is 0.839. The lowest BCUT2D eigenvalue weighted by atomic mass is 10.1. The topological polar surface area (TPSA) is 40.2 Å². The number of nitrogens with two attached hydrogens (primary N) is 1. The van der Waals surface area contributed by atoms with Crippen LogP contribution in [0.4, 0.5) is 0 Å². The van der Waals surface area contributed by atoms with Crippen LogP contribution in [0.1, 0.15) is 49.3 Å². The van der Waals surface area contributed by atoms with Crippen molar-refractivity contribution in [3.05, 3.63) is 23.5 Å². The van der Waals surface area contributed by atoms with Crippen molar-refractivity contribution in [1.82, 2.24) is 4.57 Å². The van der Waals surface area contributed by atoms with Crippen LogP contribution in [-0.4, -0.2) is 11.2 Å². The third-order valence-corrected chi connectivity index (χ3v) is 3.90. The lowest BCUT2D eigenvalue weighted by molar-refractivity contribution is 0.0691. The van der Waals surface area contributed by atoms with Gasteiger partial charge in [0.05, 0.1) is 6.61 Å². The number of fused-ring (bicyclic) bond motifs is 1. The highest BCUT2D eigenvalue weighted by atomic mass is 16.5. The summed E-state index contributed by atoms with van der Waals surface area (Å²) in [6, 6.07) is 0.234. The fourth-order valence-electron chi connectivity index (χ4n) is 2.64. The van der Waals surface area contributed by atoms with Crippen molar-refractivity contribution in [3.63, 3.8) is 0 Å². The van der Waals surface area contributed by atoms with E-state index >= 15 is 0 Å². The van der Waals surface area contributed by atoms with E-state index in [1.807, 2.05) is 0 Å². The zero-order chi connectivity index (χ0) is 11.7. The number of rotatable bonds is 4. The Kier molecular flexibility index (Phi) is 3.21. The summed E-state index contributed by atoms with van der Waals surface area (Å²) in [7, 11) is 0. The Balaban J connectivity index is 1.63. The van der Waals surface area contributed by atoms with Crippen LogP contribution in [0.25, 0.3) is 0 Å². The fourth-order valence-corrected chi connectivity index (χ4v) is 2.64. The quantitative estimate of drug-likeness (QED) is 0.813. The third kappa shape index (κ3) is 2.72. The number of aryl methyl sites for hydroxylation is 1. The molecule has 1 atom stereocenters. The van der Waals surface area contributed by atoms with Crippen molar-refractivity contribution in [1.29, 1.82) is 0 Å². The number of hydrogen-bond acceptors (Lipinski definition) is 2. The number of nitrogens with zero attached hydrogens (tertiary/aromatic N) is 1. The molecule has 0 radical (unpaired) electrons. The van der Waals surface area contributed by atoms with Crippen molar-refractivity contribution in [2.45, 2.75) is 51.3 Å². The Morgan fingerprint density at radius 3 is 2.94 bits per heavy atom. The van der Waals surface area contributed by atoms with Gasteiger partial charge in [0.15, 0.2) is 0 Å². The highest BCUT2D eigenvalue weighted by Crippen LogP contribution is 2.30. The molecule has 0 spiro atoms. The van der Waals surface area contributed by atoms with Gasteiger partial charge < -0.3 is 15.0 Å². The molecule has 0 saturated heterocycles. The molecule has 2 aliphatic rings. The molecule has 1 heterocycles. The molecule has 17 heavy (non-hydrogen) atoms. The largest absolute Gasteiger partial charge is 0.361 e. The normalized spacial score (nSPS) is 24.4. The van der Waals surface area contributed by atoms with E-state index in [0.29, 0.717) is 6.73 Å². The first-order valence-electron chi connectivity index (χ1n) is 6.85. The minimum absolute atomic E-state index is 0.234. The van der Waals surface area contributed by atoms with E-state index < -0.39 is 0 Å². The molecule has 1 unspecified atom stereocenters. The average Bonchev–Trinajstić information content (AvgIpc) is 3.07. The molecule has 0 aliphatic heterocycles. The van der Waals surface area contributed by atoms with Crippen LogP contribution in [0.5, 0.6) is 0 Å². The van der Waals surface area contributed by atoms with Gasteiger partial charge in [-0.25, -0.2) is 0 Å². The average molecular weight is 234 g/mol. The van der Waals surface area contributed by atoms with Crippen molar-refractivity contribution >= 4 is 0 Å². The smallest absolute Gasteiger partial charge is 0.122 e. The molecule has 2 aliphatic carbocycles. The maximum Gasteiger partial charge on any atom is 0.122 e. The van der Waals surface area contributed by atoms with Gasteiger partial charge in [0.25, 0.3) is 0 Å². The Morgan fingerprint density at radius 1 is 1.24 bits per heavy atom. The molecule has 3 rings (SSSR count). The van der Waals surface area contributed by atoms with Crippen LogP contribution in [-0.2, 0) is 17.9 Å². The summed E-state index contributed by atoms with van der Waals surface area (Å²) in [5.41, 5.74) is 8.97. The van der Waals surface area contributed by atoms with Gasteiger partial charge in [-0.2, -0.15) is 0 Å². The lowest BCUT2D eigenvalue weighted by Gasteiger charge is -2.07. The molecular formula is C14H22N2O. The van der Waals surface area contributed by atoms with Gasteiger partial charge in [0, 0.05) is 18.4 Å². The Bertz CT molecular complexity index is 382. The summed E-state index contributed by atoms with van der Waals surface area (Å²) in [6.07, 6.45) is 12.0. The van der Waals surface area contributed by atoms with Crippen LogP contribution in [0, 0.1) is 5.92 Å². The fraction of sp³-hybridized carbons (Fsp3) is 0.714. The zero-order valence-corrected chi connectivity index (χ0v) is 10.4. The zero-order valence-electron chi connectivity index (χ0n) is 10.4. The number of hydrogen-bond donors (Lipinski definition) is 1. The van der Waals surface area contributed by atoms with E-state index in [2.05, 4.69) is 17.0 Å². The van der Waals surface area contributed by atoms with Crippen molar-refractivity contribution < 1.29 is 4.74 Å². The molecule has 0 bridgehead atoms. The maximum atomic E-state index is 6.19. The minimum Gasteiger partial charge on any atom is -0.361 e. The molecule has 3 heteroatoms. The minimum atomic E-state index is 0.234. The van der Waals surface area contributed by atoms with Gasteiger partial charge in [-0.3, -0.25) is 0 Å². The van der Waals surface area contributed by atoms with Gasteiger partial charge in [0.1, 0.15) is 6.73 Å². The first-order chi connectivity index (χ1) is 8.33. The summed E-state index contributed by atoms with van der Waals surface area (Å²) >= 11 is 0. The molecule has 1 saturated carbocycles. The van der Waals surface area contributed by atoms with E-state index in [1.165, 1.54) is 43.2 Å². The Morgan fingerprint density at radius 2 is 2.12 bits per heavy atom. The van der Waals surface area contributed by atoms with Crippen LogP contribution in [0.3, 0.4) is 0 Å². The summed E-state index contributed by atoms with van der Waals surface area (Å²) in [5, 5.41) is 0. The van der Waals surface area contributed by atoms with E-state index in [9.17, 15) is 0 Å². The SMILES string of the molecule is NC1CCCCc2cn(COCC3CC3)cc21. The third-order valence-electron chi connectivity index (χ3n) is 3.90. The van der Waals surface area contributed by atoms with Crippen LogP contribution in [0.2, 0.25) is 0 Å². The molecule has 1 aromatic rings. The molecule has 1 aromatic heterocycles. The summed E-state index contributed by atoms with van der Waals surface area (Å²) in [6.45, 7) is 1.62. The van der Waals surface area contributed by atoms with E-state index in [-0.39, 0.29) is 6.04 Å². The second kappa shape index (κ2) is 4.83. The lowest BCUT2D eigenvalue weighted by Crippen LogP contribution is -2.09. The molecule has 1 fully saturated rings. The highest BCUT2D eigenvalue weighted by Gasteiger charge is 2.21. The highest BCUT2D eigenvalue weighted by molar-refractivity contribution is 5.28. The number of aromatic nitrogens is 1. The van der Waals surface area contributed by atoms with Crippen LogP contribution < -0.4 is 5.73 Å². The predicted molar refractivity (Wildman–Crippen MR) is 67.6 cm³/mol. The maximum absolute atomic E-state index is 6.19. The van der Waals surface area contributed by atoms with Gasteiger partial charge >= 0.3 is 0 Å². The van der Waals surface area contributed by atoms with Gasteiger partial charge in [-0.05, 0) is 49.1 Å².